The molecule has 2 aromatic carbocycles. The molecule has 3 atom stereocenters. The van der Waals surface area contributed by atoms with Crippen molar-refractivity contribution in [2.75, 3.05) is 26.8 Å². The van der Waals surface area contributed by atoms with Crippen LogP contribution < -0.4 is 9.47 Å². The minimum atomic E-state index is -1.82. The Morgan fingerprint density at radius 2 is 1.82 bits per heavy atom. The number of hydrogen-bond acceptors (Lipinski definition) is 7. The highest BCUT2D eigenvalue weighted by Gasteiger charge is 2.29. The van der Waals surface area contributed by atoms with Crippen LogP contribution in [0.1, 0.15) is 36.3 Å². The molecule has 0 bridgehead atoms. The summed E-state index contributed by atoms with van der Waals surface area (Å²) in [6, 6.07) is 17.1. The highest BCUT2D eigenvalue weighted by atomic mass is 32.1. The molecule has 10 heteroatoms. The molecule has 39 heavy (non-hydrogen) atoms. The van der Waals surface area contributed by atoms with Crippen molar-refractivity contribution in [3.05, 3.63) is 59.1 Å². The fraction of sp³-hybridized carbons (Fsp3) is 0.379. The summed E-state index contributed by atoms with van der Waals surface area (Å²) in [6.45, 7) is 6.24. The Bertz CT molecular complexity index is 1430. The van der Waals surface area contributed by atoms with Gasteiger partial charge in [-0.15, -0.1) is 11.3 Å². The van der Waals surface area contributed by atoms with Gasteiger partial charge in [0, 0.05) is 44.1 Å². The smallest absolute Gasteiger partial charge is 0.414 e. The molecule has 1 aliphatic rings. The second-order valence-corrected chi connectivity index (χ2v) is 10.9. The first-order valence-electron chi connectivity index (χ1n) is 12.8. The fourth-order valence-corrected chi connectivity index (χ4v) is 6.31. The lowest BCUT2D eigenvalue weighted by Crippen LogP contribution is -2.45. The van der Waals surface area contributed by atoms with Crippen molar-refractivity contribution in [2.45, 2.75) is 44.8 Å². The van der Waals surface area contributed by atoms with Gasteiger partial charge in [0.25, 0.3) is 0 Å². The summed E-state index contributed by atoms with van der Waals surface area (Å²) in [5.74, 6) is -1.32. The first-order valence-corrected chi connectivity index (χ1v) is 13.6. The molecule has 9 nitrogen and oxygen atoms in total. The molecule has 1 saturated heterocycles. The van der Waals surface area contributed by atoms with Crippen LogP contribution in [-0.4, -0.2) is 76.1 Å². The summed E-state index contributed by atoms with van der Waals surface area (Å²) in [4.78, 5) is 25.4. The summed E-state index contributed by atoms with van der Waals surface area (Å²) < 4.78 is 12.8. The molecular weight excluding hydrogens is 520 g/mol. The van der Waals surface area contributed by atoms with Gasteiger partial charge in [-0.05, 0) is 75.5 Å². The summed E-state index contributed by atoms with van der Waals surface area (Å²) in [5, 5.41) is 27.8. The standard InChI is InChI=1S/C27H32N2O3S.C2H2O4/c1-17-12-21-23(28-17)6-4-8-25(21)32-16-20(30)15-29-11-10-19(13-18(29)2)27-14-22-24(31-3)7-5-9-26(22)33-27;3-1(4)2(5)6/h4-9,12,14,18-20,28,30H,10-11,13,15-16H2,1-3H3;(H,3,4)(H,5,6)/t18-,19+,20-;/m0./s1. The lowest BCUT2D eigenvalue weighted by Gasteiger charge is -2.38. The first kappa shape index (κ1) is 28.4. The number of ether oxygens (including phenoxy) is 2. The zero-order chi connectivity index (χ0) is 28.1. The van der Waals surface area contributed by atoms with Crippen molar-refractivity contribution in [2.24, 2.45) is 0 Å². The number of aliphatic hydroxyl groups excluding tert-OH is 1. The maximum atomic E-state index is 10.7. The monoisotopic (exact) mass is 554 g/mol. The van der Waals surface area contributed by atoms with E-state index >= 15 is 0 Å². The Hall–Kier alpha value is -3.60. The number of rotatable bonds is 7. The van der Waals surface area contributed by atoms with E-state index < -0.39 is 18.0 Å². The number of piperidine rings is 1. The number of aromatic nitrogens is 1. The predicted molar refractivity (Wildman–Crippen MR) is 151 cm³/mol. The summed E-state index contributed by atoms with van der Waals surface area (Å²) in [7, 11) is 1.74. The number of H-pyrrole nitrogens is 1. The average Bonchev–Trinajstić information content (AvgIpc) is 3.52. The number of aliphatic carboxylic acids is 2. The van der Waals surface area contributed by atoms with Gasteiger partial charge in [-0.3, -0.25) is 4.90 Å². The third kappa shape index (κ3) is 6.89. The number of hydrogen-bond donors (Lipinski definition) is 4. The van der Waals surface area contributed by atoms with E-state index in [-0.39, 0.29) is 0 Å². The summed E-state index contributed by atoms with van der Waals surface area (Å²) in [5.41, 5.74) is 2.17. The number of aromatic amines is 1. The van der Waals surface area contributed by atoms with Gasteiger partial charge < -0.3 is 29.8 Å². The molecule has 3 heterocycles. The number of fused-ring (bicyclic) bond motifs is 2. The molecule has 2 aromatic heterocycles. The van der Waals surface area contributed by atoms with Crippen LogP contribution in [0.15, 0.2) is 48.5 Å². The minimum Gasteiger partial charge on any atom is -0.496 e. The van der Waals surface area contributed by atoms with Gasteiger partial charge in [0.1, 0.15) is 24.2 Å². The highest BCUT2D eigenvalue weighted by molar-refractivity contribution is 7.19. The molecule has 1 aliphatic heterocycles. The quantitative estimate of drug-likeness (QED) is 0.238. The SMILES string of the molecule is COc1cccc2sc([C@@H]3CCN(C[C@H](O)COc4cccc5[nH]c(C)cc45)[C@@H](C)C3)cc12.O=C(O)C(=O)O. The predicted octanol–water partition coefficient (Wildman–Crippen LogP) is 4.86. The van der Waals surface area contributed by atoms with Gasteiger partial charge in [-0.25, -0.2) is 9.59 Å². The van der Waals surface area contributed by atoms with Gasteiger partial charge in [0.05, 0.1) is 7.11 Å². The van der Waals surface area contributed by atoms with E-state index in [0.717, 1.165) is 47.5 Å². The Morgan fingerprint density at radius 1 is 1.10 bits per heavy atom. The molecule has 0 radical (unpaired) electrons. The lowest BCUT2D eigenvalue weighted by molar-refractivity contribution is -0.159. The molecule has 4 aromatic rings. The molecule has 0 amide bonds. The van der Waals surface area contributed by atoms with Crippen molar-refractivity contribution in [3.63, 3.8) is 0 Å². The van der Waals surface area contributed by atoms with E-state index in [1.54, 1.807) is 7.11 Å². The summed E-state index contributed by atoms with van der Waals surface area (Å²) >= 11 is 1.89. The maximum Gasteiger partial charge on any atom is 0.414 e. The first-order chi connectivity index (χ1) is 18.7. The molecule has 0 saturated carbocycles. The zero-order valence-corrected chi connectivity index (χ0v) is 23.0. The van der Waals surface area contributed by atoms with Crippen molar-refractivity contribution >= 4 is 44.3 Å². The number of nitrogens with one attached hydrogen (secondary N) is 1. The molecule has 0 spiro atoms. The number of nitrogens with zero attached hydrogens (tertiary/aromatic N) is 1. The Kier molecular flexibility index (Phi) is 9.11. The average molecular weight is 555 g/mol. The van der Waals surface area contributed by atoms with E-state index in [1.807, 2.05) is 42.5 Å². The van der Waals surface area contributed by atoms with Crippen LogP contribution in [0, 0.1) is 6.92 Å². The van der Waals surface area contributed by atoms with Crippen LogP contribution in [0.3, 0.4) is 0 Å². The number of aryl methyl sites for hydroxylation is 1. The van der Waals surface area contributed by atoms with Crippen LogP contribution in [0.25, 0.3) is 21.0 Å². The number of carbonyl (C=O) groups is 2. The Labute approximate surface area is 230 Å². The maximum absolute atomic E-state index is 10.7. The van der Waals surface area contributed by atoms with Gasteiger partial charge in [-0.1, -0.05) is 12.1 Å². The van der Waals surface area contributed by atoms with E-state index in [0.29, 0.717) is 25.1 Å². The number of β-amino-alcohol motifs (C(OH)–C–C–N with tert-alkyl or cyclic N) is 1. The number of carboxylic acids is 2. The number of aliphatic hydroxyl groups is 1. The molecule has 0 unspecified atom stereocenters. The van der Waals surface area contributed by atoms with E-state index in [2.05, 4.69) is 41.1 Å². The molecule has 1 fully saturated rings. The van der Waals surface area contributed by atoms with Crippen molar-refractivity contribution in [3.8, 4) is 11.5 Å². The summed E-state index contributed by atoms with van der Waals surface area (Å²) in [6.07, 6.45) is 1.69. The van der Waals surface area contributed by atoms with Gasteiger partial charge >= 0.3 is 11.9 Å². The van der Waals surface area contributed by atoms with E-state index in [1.165, 1.54) is 15.0 Å². The van der Waals surface area contributed by atoms with E-state index in [4.69, 9.17) is 29.3 Å². The Morgan fingerprint density at radius 3 is 2.51 bits per heavy atom. The molecule has 208 valence electrons. The topological polar surface area (TPSA) is 132 Å². The molecule has 0 aliphatic carbocycles. The van der Waals surface area contributed by atoms with Crippen LogP contribution in [-0.2, 0) is 9.59 Å². The van der Waals surface area contributed by atoms with Crippen molar-refractivity contribution < 1.29 is 34.4 Å². The van der Waals surface area contributed by atoms with Crippen LogP contribution in [0.5, 0.6) is 11.5 Å². The third-order valence-electron chi connectivity index (χ3n) is 6.99. The van der Waals surface area contributed by atoms with Crippen molar-refractivity contribution in [1.29, 1.82) is 0 Å². The van der Waals surface area contributed by atoms with Crippen LogP contribution in [0.4, 0.5) is 0 Å². The fourth-order valence-electron chi connectivity index (χ4n) is 5.09. The normalized spacial score (nSPS) is 18.4. The largest absolute Gasteiger partial charge is 0.496 e. The number of carboxylic acid groups (broad SMARTS) is 2. The van der Waals surface area contributed by atoms with Crippen molar-refractivity contribution in [1.82, 2.24) is 9.88 Å². The highest BCUT2D eigenvalue weighted by Crippen LogP contribution is 2.40. The Balaban J connectivity index is 0.000000531. The number of methoxy groups -OCH3 is 1. The number of thiophene rings is 1. The molecular formula is C29H34N2O7S. The lowest BCUT2D eigenvalue weighted by atomic mass is 9.90. The molecule has 5 rings (SSSR count). The molecule has 4 N–H and O–H groups in total. The van der Waals surface area contributed by atoms with Gasteiger partial charge in [0.2, 0.25) is 0 Å². The van der Waals surface area contributed by atoms with Gasteiger partial charge in [-0.2, -0.15) is 0 Å². The third-order valence-corrected chi connectivity index (χ3v) is 8.26. The minimum absolute atomic E-state index is 0.298. The van der Waals surface area contributed by atoms with E-state index in [9.17, 15) is 5.11 Å². The second kappa shape index (κ2) is 12.5. The van der Waals surface area contributed by atoms with Crippen LogP contribution >= 0.6 is 11.3 Å². The van der Waals surface area contributed by atoms with Crippen LogP contribution in [0.2, 0.25) is 0 Å². The number of benzene rings is 2. The number of likely N-dealkylation sites (tertiary alicyclic amines) is 1. The second-order valence-electron chi connectivity index (χ2n) is 9.83. The zero-order valence-electron chi connectivity index (χ0n) is 22.2. The van der Waals surface area contributed by atoms with Gasteiger partial charge in [0.15, 0.2) is 0 Å².